The van der Waals surface area contributed by atoms with Gasteiger partial charge in [0.25, 0.3) is 17.0 Å². The highest BCUT2D eigenvalue weighted by Gasteiger charge is 2.15. The molecule has 9 nitrogen and oxygen atoms in total. The van der Waals surface area contributed by atoms with E-state index in [0.717, 1.165) is 47.7 Å². The van der Waals surface area contributed by atoms with E-state index in [4.69, 9.17) is 0 Å². The van der Waals surface area contributed by atoms with E-state index >= 15 is 0 Å². The zero-order chi connectivity index (χ0) is 18.0. The summed E-state index contributed by atoms with van der Waals surface area (Å²) in [5.74, 6) is -0.608. The number of nitrogens with zero attached hydrogens (tertiary/aromatic N) is 3. The van der Waals surface area contributed by atoms with Gasteiger partial charge < -0.3 is 10.3 Å². The van der Waals surface area contributed by atoms with Crippen molar-refractivity contribution >= 4 is 5.91 Å². The topological polar surface area (TPSA) is 119 Å². The summed E-state index contributed by atoms with van der Waals surface area (Å²) in [4.78, 5) is 49.7. The molecule has 1 aliphatic rings. The lowest BCUT2D eigenvalue weighted by Gasteiger charge is -2.16. The lowest BCUT2D eigenvalue weighted by Crippen LogP contribution is -2.40. The number of amides is 1. The maximum Gasteiger partial charge on any atom is 0.328 e. The van der Waals surface area contributed by atoms with Crippen molar-refractivity contribution in [2.45, 2.75) is 32.2 Å². The van der Waals surface area contributed by atoms with Gasteiger partial charge in [-0.05, 0) is 31.2 Å². The van der Waals surface area contributed by atoms with E-state index in [0.29, 0.717) is 0 Å². The molecule has 0 saturated heterocycles. The van der Waals surface area contributed by atoms with Crippen LogP contribution in [0.15, 0.2) is 26.6 Å². The standard InChI is InChI=1S/C16H19N5O4/c1-20-15(24)11(9-18-16(20)25)14(23)17-6-7-21-13(22)8-10-4-2-3-5-12(10)19-21/h8-9H,2-7H2,1H3,(H,17,23)(H,18,25). The van der Waals surface area contributed by atoms with Gasteiger partial charge in [-0.25, -0.2) is 9.48 Å². The number of H-pyrrole nitrogens is 1. The van der Waals surface area contributed by atoms with Gasteiger partial charge in [0.15, 0.2) is 0 Å². The second-order valence-electron chi connectivity index (χ2n) is 6.01. The van der Waals surface area contributed by atoms with E-state index in [1.165, 1.54) is 11.7 Å². The van der Waals surface area contributed by atoms with Gasteiger partial charge in [-0.3, -0.25) is 19.0 Å². The van der Waals surface area contributed by atoms with Gasteiger partial charge in [0, 0.05) is 25.9 Å². The fourth-order valence-corrected chi connectivity index (χ4v) is 2.86. The van der Waals surface area contributed by atoms with Crippen LogP contribution in [-0.2, 0) is 26.4 Å². The number of carbonyl (C=O) groups excluding carboxylic acids is 1. The molecule has 0 unspecified atom stereocenters. The molecule has 9 heteroatoms. The zero-order valence-corrected chi connectivity index (χ0v) is 13.9. The Morgan fingerprint density at radius 1 is 1.28 bits per heavy atom. The molecule has 25 heavy (non-hydrogen) atoms. The molecule has 0 aliphatic heterocycles. The van der Waals surface area contributed by atoms with E-state index in [1.807, 2.05) is 0 Å². The minimum Gasteiger partial charge on any atom is -0.350 e. The number of carbonyl (C=O) groups is 1. The van der Waals surface area contributed by atoms with Crippen LogP contribution in [0.1, 0.15) is 34.5 Å². The first-order chi connectivity index (χ1) is 12.0. The molecule has 0 radical (unpaired) electrons. The van der Waals surface area contributed by atoms with Crippen LogP contribution in [-0.4, -0.2) is 31.8 Å². The molecule has 2 aromatic heterocycles. The first-order valence-corrected chi connectivity index (χ1v) is 8.14. The van der Waals surface area contributed by atoms with Crippen LogP contribution in [0.5, 0.6) is 0 Å². The molecule has 0 saturated carbocycles. The maximum atomic E-state index is 12.1. The van der Waals surface area contributed by atoms with Crippen LogP contribution in [0.3, 0.4) is 0 Å². The van der Waals surface area contributed by atoms with Crippen molar-refractivity contribution in [3.63, 3.8) is 0 Å². The van der Waals surface area contributed by atoms with Crippen LogP contribution in [0, 0.1) is 0 Å². The van der Waals surface area contributed by atoms with E-state index in [1.54, 1.807) is 6.07 Å². The van der Waals surface area contributed by atoms with Crippen LogP contribution in [0.4, 0.5) is 0 Å². The highest BCUT2D eigenvalue weighted by molar-refractivity contribution is 5.93. The molecule has 0 aromatic carbocycles. The third-order valence-corrected chi connectivity index (χ3v) is 4.31. The summed E-state index contributed by atoms with van der Waals surface area (Å²) < 4.78 is 2.15. The van der Waals surface area contributed by atoms with Crippen molar-refractivity contribution in [2.75, 3.05) is 6.54 Å². The Morgan fingerprint density at radius 2 is 2.04 bits per heavy atom. The third-order valence-electron chi connectivity index (χ3n) is 4.31. The average molecular weight is 345 g/mol. The lowest BCUT2D eigenvalue weighted by molar-refractivity contribution is 0.0949. The molecule has 1 amide bonds. The molecule has 2 aromatic rings. The normalized spacial score (nSPS) is 13.3. The second-order valence-corrected chi connectivity index (χ2v) is 6.01. The first kappa shape index (κ1) is 16.9. The van der Waals surface area contributed by atoms with Gasteiger partial charge in [-0.15, -0.1) is 0 Å². The molecular weight excluding hydrogens is 326 g/mol. The van der Waals surface area contributed by atoms with Crippen LogP contribution in [0.2, 0.25) is 0 Å². The average Bonchev–Trinajstić information content (AvgIpc) is 2.60. The number of hydrogen-bond acceptors (Lipinski definition) is 5. The molecule has 1 aliphatic carbocycles. The summed E-state index contributed by atoms with van der Waals surface area (Å²) in [6.45, 7) is 0.355. The zero-order valence-electron chi connectivity index (χ0n) is 13.9. The predicted octanol–water partition coefficient (Wildman–Crippen LogP) is -1.06. The number of aromatic nitrogens is 4. The number of hydrogen-bond donors (Lipinski definition) is 2. The van der Waals surface area contributed by atoms with Crippen molar-refractivity contribution in [3.05, 3.63) is 60.3 Å². The highest BCUT2D eigenvalue weighted by atomic mass is 16.2. The molecule has 2 heterocycles. The van der Waals surface area contributed by atoms with Crippen LogP contribution < -0.4 is 22.1 Å². The lowest BCUT2D eigenvalue weighted by atomic mass is 9.97. The summed E-state index contributed by atoms with van der Waals surface area (Å²) >= 11 is 0. The Kier molecular flexibility index (Phi) is 4.64. The first-order valence-electron chi connectivity index (χ1n) is 8.14. The molecule has 2 N–H and O–H groups in total. The Morgan fingerprint density at radius 3 is 2.84 bits per heavy atom. The number of fused-ring (bicyclic) bond motifs is 1. The third kappa shape index (κ3) is 3.44. The van der Waals surface area contributed by atoms with Crippen LogP contribution >= 0.6 is 0 Å². The quantitative estimate of drug-likeness (QED) is 0.732. The number of aryl methyl sites for hydroxylation is 2. The Balaban J connectivity index is 1.68. The highest BCUT2D eigenvalue weighted by Crippen LogP contribution is 2.16. The van der Waals surface area contributed by atoms with Crippen molar-refractivity contribution < 1.29 is 4.79 Å². The summed E-state index contributed by atoms with van der Waals surface area (Å²) in [5.41, 5.74) is 0.319. The maximum absolute atomic E-state index is 12.1. The van der Waals surface area contributed by atoms with Crippen molar-refractivity contribution in [3.8, 4) is 0 Å². The molecule has 3 rings (SSSR count). The second kappa shape index (κ2) is 6.88. The fraction of sp³-hybridized carbons (Fsp3) is 0.438. The number of aromatic amines is 1. The van der Waals surface area contributed by atoms with Crippen LogP contribution in [0.25, 0.3) is 0 Å². The van der Waals surface area contributed by atoms with E-state index in [-0.39, 0.29) is 24.2 Å². The van der Waals surface area contributed by atoms with Crippen molar-refractivity contribution in [1.29, 1.82) is 0 Å². The summed E-state index contributed by atoms with van der Waals surface area (Å²) in [6.07, 6.45) is 4.95. The summed E-state index contributed by atoms with van der Waals surface area (Å²) in [7, 11) is 1.29. The largest absolute Gasteiger partial charge is 0.350 e. The molecule has 132 valence electrons. The van der Waals surface area contributed by atoms with Gasteiger partial charge in [0.05, 0.1) is 12.2 Å². The Labute approximate surface area is 142 Å². The molecular formula is C16H19N5O4. The number of rotatable bonds is 4. The molecule has 0 bridgehead atoms. The smallest absolute Gasteiger partial charge is 0.328 e. The molecule has 0 fully saturated rings. The van der Waals surface area contributed by atoms with Crippen molar-refractivity contribution in [1.82, 2.24) is 24.6 Å². The number of nitrogens with one attached hydrogen (secondary N) is 2. The molecule has 0 spiro atoms. The summed E-state index contributed by atoms with van der Waals surface area (Å²) in [5, 5.41) is 6.93. The van der Waals surface area contributed by atoms with E-state index in [2.05, 4.69) is 15.4 Å². The monoisotopic (exact) mass is 345 g/mol. The SMILES string of the molecule is Cn1c(=O)[nH]cc(C(=O)NCCn2nc3c(cc2=O)CCCC3)c1=O. The van der Waals surface area contributed by atoms with Crippen molar-refractivity contribution in [2.24, 2.45) is 7.05 Å². The van der Waals surface area contributed by atoms with Gasteiger partial charge >= 0.3 is 5.69 Å². The fourth-order valence-electron chi connectivity index (χ4n) is 2.86. The van der Waals surface area contributed by atoms with E-state index < -0.39 is 17.2 Å². The predicted molar refractivity (Wildman–Crippen MR) is 89.8 cm³/mol. The minimum absolute atomic E-state index is 0.146. The Hall–Kier alpha value is -2.97. The minimum atomic E-state index is -0.676. The Bertz CT molecular complexity index is 985. The molecule has 0 atom stereocenters. The van der Waals surface area contributed by atoms with E-state index in [9.17, 15) is 19.2 Å². The van der Waals surface area contributed by atoms with Gasteiger partial charge in [-0.1, -0.05) is 0 Å². The van der Waals surface area contributed by atoms with Gasteiger partial charge in [0.1, 0.15) is 5.56 Å². The van der Waals surface area contributed by atoms with Gasteiger partial charge in [0.2, 0.25) is 0 Å². The summed E-state index contributed by atoms with van der Waals surface area (Å²) in [6, 6.07) is 1.61. The van der Waals surface area contributed by atoms with Gasteiger partial charge in [-0.2, -0.15) is 5.10 Å².